The van der Waals surface area contributed by atoms with E-state index < -0.39 is 0 Å². The van der Waals surface area contributed by atoms with Gasteiger partial charge in [-0.25, -0.2) is 4.98 Å². The molecule has 1 aromatic heterocycles. The van der Waals surface area contributed by atoms with Gasteiger partial charge in [0.1, 0.15) is 5.75 Å². The zero-order valence-electron chi connectivity index (χ0n) is 11.6. The molecule has 5 nitrogen and oxygen atoms in total. The topological polar surface area (TPSA) is 56.2 Å². The summed E-state index contributed by atoms with van der Waals surface area (Å²) < 4.78 is 7.33. The average molecular weight is 281 g/mol. The van der Waals surface area contributed by atoms with E-state index >= 15 is 0 Å². The minimum atomic E-state index is -0.200. The molecule has 0 spiro atoms. The van der Waals surface area contributed by atoms with Crippen molar-refractivity contribution in [3.05, 3.63) is 54.9 Å². The van der Waals surface area contributed by atoms with Gasteiger partial charge in [-0.15, -0.1) is 0 Å². The second-order valence-corrected chi connectivity index (χ2v) is 4.71. The van der Waals surface area contributed by atoms with E-state index in [9.17, 15) is 4.79 Å². The average Bonchev–Trinajstić information content (AvgIpc) is 2.87. The van der Waals surface area contributed by atoms with Crippen LogP contribution in [0.25, 0.3) is 11.0 Å². The van der Waals surface area contributed by atoms with Crippen molar-refractivity contribution in [2.75, 3.05) is 11.9 Å². The Kier molecular flexibility index (Phi) is 3.55. The molecular formula is C16H15N3O2. The predicted molar refractivity (Wildman–Crippen MR) is 81.3 cm³/mol. The highest BCUT2D eigenvalue weighted by molar-refractivity contribution is 5.94. The lowest BCUT2D eigenvalue weighted by molar-refractivity contribution is -0.118. The first-order valence-electron chi connectivity index (χ1n) is 6.61. The van der Waals surface area contributed by atoms with E-state index in [2.05, 4.69) is 10.3 Å². The molecular weight excluding hydrogens is 266 g/mol. The molecule has 3 aromatic rings. The molecule has 1 N–H and O–H groups in total. The van der Waals surface area contributed by atoms with Crippen LogP contribution in [0.1, 0.15) is 0 Å². The molecule has 1 amide bonds. The van der Waals surface area contributed by atoms with E-state index in [4.69, 9.17) is 4.74 Å². The molecule has 0 aliphatic heterocycles. The molecule has 0 aliphatic rings. The Hall–Kier alpha value is -2.82. The molecule has 106 valence electrons. The standard InChI is InChI=1S/C16H15N3O2/c1-19-11-17-14-9-12(7-8-15(14)19)18-16(20)10-21-13-5-3-2-4-6-13/h2-9,11H,10H2,1H3,(H,18,20). The molecule has 1 heterocycles. The molecule has 0 saturated heterocycles. The van der Waals surface area contributed by atoms with Crippen LogP contribution < -0.4 is 10.1 Å². The van der Waals surface area contributed by atoms with Crippen molar-refractivity contribution < 1.29 is 9.53 Å². The highest BCUT2D eigenvalue weighted by Crippen LogP contribution is 2.17. The summed E-state index contributed by atoms with van der Waals surface area (Å²) >= 11 is 0. The second kappa shape index (κ2) is 5.66. The number of nitrogens with one attached hydrogen (secondary N) is 1. The number of amides is 1. The molecule has 0 radical (unpaired) electrons. The summed E-state index contributed by atoms with van der Waals surface area (Å²) in [5.41, 5.74) is 2.58. The normalized spacial score (nSPS) is 10.5. The molecule has 0 aliphatic carbocycles. The fourth-order valence-corrected chi connectivity index (χ4v) is 2.08. The van der Waals surface area contributed by atoms with Gasteiger partial charge in [-0.2, -0.15) is 0 Å². The minimum Gasteiger partial charge on any atom is -0.484 e. The monoisotopic (exact) mass is 281 g/mol. The maximum atomic E-state index is 11.9. The summed E-state index contributed by atoms with van der Waals surface area (Å²) in [6.07, 6.45) is 1.74. The van der Waals surface area contributed by atoms with Crippen molar-refractivity contribution in [3.63, 3.8) is 0 Å². The molecule has 2 aromatic carbocycles. The third-order valence-corrected chi connectivity index (χ3v) is 3.12. The Balaban J connectivity index is 1.63. The third kappa shape index (κ3) is 3.02. The smallest absolute Gasteiger partial charge is 0.262 e. The van der Waals surface area contributed by atoms with E-state index in [0.29, 0.717) is 11.4 Å². The first-order chi connectivity index (χ1) is 10.2. The Morgan fingerprint density at radius 3 is 2.86 bits per heavy atom. The summed E-state index contributed by atoms with van der Waals surface area (Å²) in [6, 6.07) is 14.9. The Bertz CT molecular complexity index is 766. The lowest BCUT2D eigenvalue weighted by Crippen LogP contribution is -2.20. The summed E-state index contributed by atoms with van der Waals surface area (Å²) in [4.78, 5) is 16.1. The van der Waals surface area contributed by atoms with Crippen LogP contribution in [0.3, 0.4) is 0 Å². The molecule has 0 atom stereocenters. The number of benzene rings is 2. The van der Waals surface area contributed by atoms with Crippen molar-refractivity contribution in [2.45, 2.75) is 0 Å². The highest BCUT2D eigenvalue weighted by atomic mass is 16.5. The zero-order valence-corrected chi connectivity index (χ0v) is 11.6. The van der Waals surface area contributed by atoms with Gasteiger partial charge >= 0.3 is 0 Å². The Morgan fingerprint density at radius 2 is 2.05 bits per heavy atom. The number of carbonyl (C=O) groups excluding carboxylic acids is 1. The second-order valence-electron chi connectivity index (χ2n) is 4.71. The van der Waals surface area contributed by atoms with E-state index in [0.717, 1.165) is 11.0 Å². The molecule has 3 rings (SSSR count). The van der Waals surface area contributed by atoms with E-state index in [1.54, 1.807) is 6.33 Å². The fourth-order valence-electron chi connectivity index (χ4n) is 2.08. The third-order valence-electron chi connectivity index (χ3n) is 3.12. The first kappa shape index (κ1) is 13.2. The number of rotatable bonds is 4. The molecule has 21 heavy (non-hydrogen) atoms. The van der Waals surface area contributed by atoms with Crippen LogP contribution >= 0.6 is 0 Å². The van der Waals surface area contributed by atoms with Crippen LogP contribution in [0.15, 0.2) is 54.9 Å². The largest absolute Gasteiger partial charge is 0.484 e. The summed E-state index contributed by atoms with van der Waals surface area (Å²) in [6.45, 7) is -0.0235. The van der Waals surface area contributed by atoms with Gasteiger partial charge in [0.2, 0.25) is 0 Å². The SMILES string of the molecule is Cn1cnc2cc(NC(=O)COc3ccccc3)ccc21. The molecule has 5 heteroatoms. The number of hydrogen-bond acceptors (Lipinski definition) is 3. The number of fused-ring (bicyclic) bond motifs is 1. The van der Waals surface area contributed by atoms with Crippen molar-refractivity contribution in [2.24, 2.45) is 7.05 Å². The van der Waals surface area contributed by atoms with Crippen LogP contribution in [0.4, 0.5) is 5.69 Å². The van der Waals surface area contributed by atoms with Crippen molar-refractivity contribution >= 4 is 22.6 Å². The van der Waals surface area contributed by atoms with E-state index in [1.807, 2.05) is 60.1 Å². The maximum absolute atomic E-state index is 11.9. The number of carbonyl (C=O) groups is 1. The van der Waals surface area contributed by atoms with Crippen LogP contribution in [0.2, 0.25) is 0 Å². The zero-order chi connectivity index (χ0) is 14.7. The van der Waals surface area contributed by atoms with Crippen LogP contribution in [-0.4, -0.2) is 22.1 Å². The Labute approximate surface area is 122 Å². The fraction of sp³-hybridized carbons (Fsp3) is 0.125. The quantitative estimate of drug-likeness (QED) is 0.799. The number of para-hydroxylation sites is 1. The predicted octanol–water partition coefficient (Wildman–Crippen LogP) is 2.59. The van der Waals surface area contributed by atoms with Gasteiger partial charge in [-0.1, -0.05) is 18.2 Å². The minimum absolute atomic E-state index is 0.0235. The van der Waals surface area contributed by atoms with Crippen LogP contribution in [0.5, 0.6) is 5.75 Å². The van der Waals surface area contributed by atoms with E-state index in [1.165, 1.54) is 0 Å². The lowest BCUT2D eigenvalue weighted by Gasteiger charge is -2.07. The van der Waals surface area contributed by atoms with Crippen LogP contribution in [-0.2, 0) is 11.8 Å². The summed E-state index contributed by atoms with van der Waals surface area (Å²) in [5, 5.41) is 2.80. The van der Waals surface area contributed by atoms with Gasteiger partial charge < -0.3 is 14.6 Å². The van der Waals surface area contributed by atoms with E-state index in [-0.39, 0.29) is 12.5 Å². The number of anilines is 1. The van der Waals surface area contributed by atoms with Crippen LogP contribution in [0, 0.1) is 0 Å². The van der Waals surface area contributed by atoms with Gasteiger partial charge in [-0.05, 0) is 30.3 Å². The number of nitrogens with zero attached hydrogens (tertiary/aromatic N) is 2. The number of aryl methyl sites for hydroxylation is 1. The van der Waals surface area contributed by atoms with Crippen molar-refractivity contribution in [1.29, 1.82) is 0 Å². The Morgan fingerprint density at radius 1 is 1.24 bits per heavy atom. The van der Waals surface area contributed by atoms with Crippen molar-refractivity contribution in [1.82, 2.24) is 9.55 Å². The molecule has 0 fully saturated rings. The van der Waals surface area contributed by atoms with Gasteiger partial charge in [0.05, 0.1) is 17.4 Å². The molecule has 0 unspecified atom stereocenters. The van der Waals surface area contributed by atoms with Gasteiger partial charge in [0, 0.05) is 12.7 Å². The van der Waals surface area contributed by atoms with Gasteiger partial charge in [0.15, 0.2) is 6.61 Å². The number of imidazole rings is 1. The summed E-state index contributed by atoms with van der Waals surface area (Å²) in [5.74, 6) is 0.474. The summed E-state index contributed by atoms with van der Waals surface area (Å²) in [7, 11) is 1.93. The number of ether oxygens (including phenoxy) is 1. The molecule has 0 saturated carbocycles. The van der Waals surface area contributed by atoms with Gasteiger partial charge in [-0.3, -0.25) is 4.79 Å². The highest BCUT2D eigenvalue weighted by Gasteiger charge is 2.06. The van der Waals surface area contributed by atoms with Gasteiger partial charge in [0.25, 0.3) is 5.91 Å². The van der Waals surface area contributed by atoms with Crippen molar-refractivity contribution in [3.8, 4) is 5.75 Å². The number of aromatic nitrogens is 2. The lowest BCUT2D eigenvalue weighted by atomic mass is 10.2. The molecule has 0 bridgehead atoms. The maximum Gasteiger partial charge on any atom is 0.262 e. The number of hydrogen-bond donors (Lipinski definition) is 1. The first-order valence-corrected chi connectivity index (χ1v) is 6.61.